The number of nitrogens with one attached hydrogen (secondary N) is 1. The van der Waals surface area contributed by atoms with E-state index in [1.807, 2.05) is 38.1 Å². The molecule has 0 saturated carbocycles. The van der Waals surface area contributed by atoms with Gasteiger partial charge in [0.25, 0.3) is 0 Å². The Morgan fingerprint density at radius 3 is 2.43 bits per heavy atom. The summed E-state index contributed by atoms with van der Waals surface area (Å²) >= 11 is 17.3. The predicted octanol–water partition coefficient (Wildman–Crippen LogP) is 5.93. The van der Waals surface area contributed by atoms with E-state index in [9.17, 15) is 9.59 Å². The van der Waals surface area contributed by atoms with E-state index in [0.717, 1.165) is 15.6 Å². The van der Waals surface area contributed by atoms with Crippen LogP contribution in [0.3, 0.4) is 0 Å². The van der Waals surface area contributed by atoms with Crippen molar-refractivity contribution >= 4 is 62.7 Å². The van der Waals surface area contributed by atoms with Gasteiger partial charge >= 0.3 is 0 Å². The molecule has 0 radical (unpaired) electrons. The average molecular weight is 532 g/mol. The predicted molar refractivity (Wildman–Crippen MR) is 130 cm³/mol. The number of hydrogen-bond donors (Lipinski definition) is 1. The number of carbonyl (C=O) groups excluding carboxylic acids is 2. The lowest BCUT2D eigenvalue weighted by atomic mass is 10.1. The van der Waals surface area contributed by atoms with Crippen molar-refractivity contribution in [2.24, 2.45) is 0 Å². The normalized spacial score (nSPS) is 11.8. The van der Waals surface area contributed by atoms with Crippen molar-refractivity contribution in [3.8, 4) is 0 Å². The Hall–Kier alpha value is -1.21. The maximum atomic E-state index is 13.1. The third kappa shape index (κ3) is 7.49. The molecule has 2 aromatic carbocycles. The molecule has 1 N–H and O–H groups in total. The molecule has 8 heteroatoms. The molecule has 0 bridgehead atoms. The lowest BCUT2D eigenvalue weighted by Gasteiger charge is -2.30. The van der Waals surface area contributed by atoms with Crippen LogP contribution in [-0.2, 0) is 21.9 Å². The number of nitrogens with zero attached hydrogens (tertiary/aromatic N) is 1. The minimum Gasteiger partial charge on any atom is -0.355 e. The van der Waals surface area contributed by atoms with Gasteiger partial charge in [-0.25, -0.2) is 0 Å². The second kappa shape index (κ2) is 12.6. The molecule has 1 unspecified atom stereocenters. The third-order valence-electron chi connectivity index (χ3n) is 4.50. The minimum absolute atomic E-state index is 0.0961. The Labute approximate surface area is 200 Å². The molecule has 0 aromatic heterocycles. The summed E-state index contributed by atoms with van der Waals surface area (Å²) in [5.74, 6) is 0.738. The van der Waals surface area contributed by atoms with Crippen molar-refractivity contribution in [3.05, 3.63) is 68.1 Å². The fourth-order valence-electron chi connectivity index (χ4n) is 2.96. The Balaban J connectivity index is 2.14. The van der Waals surface area contributed by atoms with Crippen LogP contribution in [0.1, 0.15) is 31.4 Å². The molecule has 0 aliphatic heterocycles. The van der Waals surface area contributed by atoms with Gasteiger partial charge in [-0.15, -0.1) is 11.8 Å². The van der Waals surface area contributed by atoms with Crippen LogP contribution in [0, 0.1) is 0 Å². The summed E-state index contributed by atoms with van der Waals surface area (Å²) in [4.78, 5) is 27.4. The zero-order valence-electron chi connectivity index (χ0n) is 17.0. The van der Waals surface area contributed by atoms with Gasteiger partial charge in [0, 0.05) is 33.4 Å². The first kappa shape index (κ1) is 25.1. The highest BCUT2D eigenvalue weighted by Gasteiger charge is 2.28. The van der Waals surface area contributed by atoms with E-state index in [1.165, 1.54) is 11.8 Å². The summed E-state index contributed by atoms with van der Waals surface area (Å²) in [5, 5.41) is 3.84. The highest BCUT2D eigenvalue weighted by molar-refractivity contribution is 9.10. The summed E-state index contributed by atoms with van der Waals surface area (Å²) in [7, 11) is 0. The summed E-state index contributed by atoms with van der Waals surface area (Å²) < 4.78 is 1.02. The molecule has 0 saturated heterocycles. The number of thioether (sulfide) groups is 1. The van der Waals surface area contributed by atoms with Crippen LogP contribution in [0.2, 0.25) is 10.0 Å². The van der Waals surface area contributed by atoms with Crippen LogP contribution in [0.4, 0.5) is 0 Å². The van der Waals surface area contributed by atoms with E-state index in [1.54, 1.807) is 23.1 Å². The van der Waals surface area contributed by atoms with Crippen LogP contribution in [0.15, 0.2) is 46.9 Å². The molecular formula is C22H25BrCl2N2O2S. The van der Waals surface area contributed by atoms with Gasteiger partial charge in [-0.05, 0) is 48.7 Å². The largest absolute Gasteiger partial charge is 0.355 e. The molecule has 0 heterocycles. The van der Waals surface area contributed by atoms with Crippen LogP contribution < -0.4 is 5.32 Å². The Morgan fingerprint density at radius 2 is 1.83 bits per heavy atom. The first-order valence-electron chi connectivity index (χ1n) is 9.69. The summed E-state index contributed by atoms with van der Waals surface area (Å²) in [5.41, 5.74) is 1.90. The van der Waals surface area contributed by atoms with Crippen molar-refractivity contribution in [3.63, 3.8) is 0 Å². The Morgan fingerprint density at radius 1 is 1.13 bits per heavy atom. The summed E-state index contributed by atoms with van der Waals surface area (Å²) in [6.07, 6.45) is 0.514. The fourth-order valence-corrected chi connectivity index (χ4v) is 4.57. The lowest BCUT2D eigenvalue weighted by Crippen LogP contribution is -2.49. The third-order valence-corrected chi connectivity index (χ3v) is 6.60. The molecule has 1 atom stereocenters. The topological polar surface area (TPSA) is 49.4 Å². The van der Waals surface area contributed by atoms with E-state index < -0.39 is 6.04 Å². The molecule has 0 aliphatic carbocycles. The van der Waals surface area contributed by atoms with Gasteiger partial charge in [0.1, 0.15) is 6.04 Å². The van der Waals surface area contributed by atoms with E-state index in [4.69, 9.17) is 23.2 Å². The lowest BCUT2D eigenvalue weighted by molar-refractivity contribution is -0.139. The quantitative estimate of drug-likeness (QED) is 0.413. The first-order valence-corrected chi connectivity index (χ1v) is 12.4. The van der Waals surface area contributed by atoms with Crippen LogP contribution >= 0.6 is 50.9 Å². The molecule has 0 fully saturated rings. The molecule has 4 nitrogen and oxygen atoms in total. The van der Waals surface area contributed by atoms with Crippen LogP contribution in [-0.4, -0.2) is 35.1 Å². The van der Waals surface area contributed by atoms with Crippen molar-refractivity contribution < 1.29 is 9.59 Å². The standard InChI is InChI=1S/C22H25BrCl2N2O2S/c1-3-20(22(29)26-4-2)27(12-16-7-10-18(24)11-19(16)25)21(28)14-30-13-15-5-8-17(23)9-6-15/h5-11,20H,3-4,12-14H2,1-2H3,(H,26,29). The zero-order chi connectivity index (χ0) is 22.1. The number of rotatable bonds is 10. The number of likely N-dealkylation sites (N-methyl/N-ethyl adjacent to an activating group) is 1. The number of carbonyl (C=O) groups is 2. The second-order valence-corrected chi connectivity index (χ2v) is 9.44. The van der Waals surface area contributed by atoms with Crippen molar-refractivity contribution in [1.29, 1.82) is 0 Å². The molecule has 162 valence electrons. The van der Waals surface area contributed by atoms with E-state index in [2.05, 4.69) is 21.2 Å². The molecule has 30 heavy (non-hydrogen) atoms. The van der Waals surface area contributed by atoms with Crippen LogP contribution in [0.25, 0.3) is 0 Å². The van der Waals surface area contributed by atoms with Crippen molar-refractivity contribution in [2.75, 3.05) is 12.3 Å². The monoisotopic (exact) mass is 530 g/mol. The van der Waals surface area contributed by atoms with E-state index >= 15 is 0 Å². The van der Waals surface area contributed by atoms with Gasteiger partial charge in [0.2, 0.25) is 11.8 Å². The van der Waals surface area contributed by atoms with Crippen LogP contribution in [0.5, 0.6) is 0 Å². The van der Waals surface area contributed by atoms with Gasteiger partial charge in [-0.1, -0.05) is 64.3 Å². The Kier molecular flexibility index (Phi) is 10.5. The smallest absolute Gasteiger partial charge is 0.242 e. The van der Waals surface area contributed by atoms with Crippen molar-refractivity contribution in [2.45, 2.75) is 38.6 Å². The van der Waals surface area contributed by atoms with E-state index in [0.29, 0.717) is 28.8 Å². The summed E-state index contributed by atoms with van der Waals surface area (Å²) in [6, 6.07) is 12.6. The average Bonchev–Trinajstić information content (AvgIpc) is 2.71. The zero-order valence-corrected chi connectivity index (χ0v) is 20.9. The van der Waals surface area contributed by atoms with E-state index in [-0.39, 0.29) is 24.1 Å². The highest BCUT2D eigenvalue weighted by Crippen LogP contribution is 2.24. The van der Waals surface area contributed by atoms with Gasteiger partial charge in [0.15, 0.2) is 0 Å². The molecular weight excluding hydrogens is 507 g/mol. The molecule has 2 amide bonds. The summed E-state index contributed by atoms with van der Waals surface area (Å²) in [6.45, 7) is 4.53. The molecule has 0 spiro atoms. The maximum Gasteiger partial charge on any atom is 0.242 e. The number of hydrogen-bond acceptors (Lipinski definition) is 3. The fraction of sp³-hybridized carbons (Fsp3) is 0.364. The SMILES string of the molecule is CCNC(=O)C(CC)N(Cc1ccc(Cl)cc1Cl)C(=O)CSCc1ccc(Br)cc1. The number of benzene rings is 2. The van der Waals surface area contributed by atoms with Gasteiger partial charge in [-0.2, -0.15) is 0 Å². The van der Waals surface area contributed by atoms with Crippen molar-refractivity contribution in [1.82, 2.24) is 10.2 Å². The highest BCUT2D eigenvalue weighted by atomic mass is 79.9. The first-order chi connectivity index (χ1) is 14.3. The molecule has 0 aliphatic rings. The number of halogens is 3. The number of amides is 2. The minimum atomic E-state index is -0.558. The molecule has 2 rings (SSSR count). The Bertz CT molecular complexity index is 865. The molecule has 2 aromatic rings. The maximum absolute atomic E-state index is 13.1. The van der Waals surface area contributed by atoms with Gasteiger partial charge < -0.3 is 10.2 Å². The van der Waals surface area contributed by atoms with Gasteiger partial charge in [-0.3, -0.25) is 9.59 Å². The van der Waals surface area contributed by atoms with Gasteiger partial charge in [0.05, 0.1) is 5.75 Å². The second-order valence-electron chi connectivity index (χ2n) is 6.70.